The maximum Gasteiger partial charge on any atom is 0.307 e. The van der Waals surface area contributed by atoms with Gasteiger partial charge < -0.3 is 24.9 Å². The van der Waals surface area contributed by atoms with E-state index >= 15 is 0 Å². The Kier molecular flexibility index (Phi) is 5.26. The highest BCUT2D eigenvalue weighted by Gasteiger charge is 2.29. The molecule has 1 aromatic heterocycles. The highest BCUT2D eigenvalue weighted by molar-refractivity contribution is 5.87. The van der Waals surface area contributed by atoms with Crippen molar-refractivity contribution in [2.45, 2.75) is 19.1 Å². The van der Waals surface area contributed by atoms with Crippen LogP contribution in [0.4, 0.5) is 10.1 Å². The lowest BCUT2D eigenvalue weighted by atomic mass is 9.98. The molecule has 0 radical (unpaired) electrons. The number of benzene rings is 3. The monoisotopic (exact) mass is 446 g/mol. The molecular weight excluding hydrogens is 423 g/mol. The molecule has 168 valence electrons. The number of halogens is 1. The van der Waals surface area contributed by atoms with Gasteiger partial charge in [0.15, 0.2) is 0 Å². The zero-order chi connectivity index (χ0) is 23.1. The van der Waals surface area contributed by atoms with Crippen molar-refractivity contribution in [2.24, 2.45) is 5.73 Å². The molecule has 1 aliphatic heterocycles. The number of anilines is 1. The second kappa shape index (κ2) is 8.26. The molecule has 0 saturated heterocycles. The van der Waals surface area contributed by atoms with E-state index in [2.05, 4.69) is 0 Å². The van der Waals surface area contributed by atoms with Crippen LogP contribution < -0.4 is 15.4 Å². The third-order valence-corrected chi connectivity index (χ3v) is 6.09. The number of ether oxygens (including phenoxy) is 1. The minimum atomic E-state index is -0.920. The molecule has 7 heteroatoms. The first kappa shape index (κ1) is 21.0. The fraction of sp³-hybridized carbons (Fsp3) is 0.192. The number of hydrogen-bond acceptors (Lipinski definition) is 5. The van der Waals surface area contributed by atoms with Crippen LogP contribution in [0.25, 0.3) is 22.1 Å². The molecule has 4 aromatic rings. The van der Waals surface area contributed by atoms with Crippen LogP contribution >= 0.6 is 0 Å². The van der Waals surface area contributed by atoms with E-state index < -0.39 is 5.97 Å². The summed E-state index contributed by atoms with van der Waals surface area (Å²) in [4.78, 5) is 13.4. The van der Waals surface area contributed by atoms with Crippen molar-refractivity contribution < 1.29 is 23.4 Å². The van der Waals surface area contributed by atoms with Gasteiger partial charge >= 0.3 is 5.97 Å². The number of hydrogen-bond donors (Lipinski definition) is 2. The van der Waals surface area contributed by atoms with Crippen molar-refractivity contribution in [2.75, 3.05) is 18.5 Å². The molecule has 6 nitrogen and oxygen atoms in total. The van der Waals surface area contributed by atoms with Gasteiger partial charge in [-0.2, -0.15) is 0 Å². The second-order valence-corrected chi connectivity index (χ2v) is 8.21. The van der Waals surface area contributed by atoms with Crippen molar-refractivity contribution in [3.63, 3.8) is 0 Å². The lowest BCUT2D eigenvalue weighted by Gasteiger charge is -2.34. The fourth-order valence-electron chi connectivity index (χ4n) is 4.42. The number of para-hydroxylation sites is 1. The van der Waals surface area contributed by atoms with Crippen LogP contribution in [0, 0.1) is 5.82 Å². The lowest BCUT2D eigenvalue weighted by Crippen LogP contribution is -2.32. The first-order chi connectivity index (χ1) is 16.0. The minimum absolute atomic E-state index is 0.124. The standard InChI is InChI=1S/C26H23FN2O4/c1-29-13-23(33-26-16(11-24(30)31)4-3-7-21(26)29)20-14-32-22-9-8-15(10-19(20)22)18-6-2-5-17(12-28)25(18)27/h2-10,14,23H,11-13,28H2,1H3,(H,30,31)/t23-/m0/s1. The third kappa shape index (κ3) is 3.70. The lowest BCUT2D eigenvalue weighted by molar-refractivity contribution is -0.136. The summed E-state index contributed by atoms with van der Waals surface area (Å²) in [7, 11) is 1.94. The van der Waals surface area contributed by atoms with E-state index in [1.165, 1.54) is 0 Å². The molecular formula is C26H23FN2O4. The van der Waals surface area contributed by atoms with Gasteiger partial charge in [0.2, 0.25) is 0 Å². The van der Waals surface area contributed by atoms with Crippen LogP contribution in [0.5, 0.6) is 5.75 Å². The van der Waals surface area contributed by atoms with Gasteiger partial charge in [-0.25, -0.2) is 4.39 Å². The first-order valence-corrected chi connectivity index (χ1v) is 10.7. The van der Waals surface area contributed by atoms with Crippen molar-refractivity contribution in [1.29, 1.82) is 0 Å². The average Bonchev–Trinajstić information content (AvgIpc) is 3.22. The van der Waals surface area contributed by atoms with E-state index in [1.54, 1.807) is 30.5 Å². The van der Waals surface area contributed by atoms with E-state index in [1.807, 2.05) is 42.3 Å². The van der Waals surface area contributed by atoms with Gasteiger partial charge in [0.05, 0.1) is 24.9 Å². The molecule has 0 saturated carbocycles. The molecule has 0 aliphatic carbocycles. The summed E-state index contributed by atoms with van der Waals surface area (Å²) in [5.74, 6) is -0.687. The Balaban J connectivity index is 1.57. The summed E-state index contributed by atoms with van der Waals surface area (Å²) in [5, 5.41) is 10.1. The number of carbonyl (C=O) groups is 1. The Morgan fingerprint density at radius 1 is 1.18 bits per heavy atom. The van der Waals surface area contributed by atoms with E-state index in [0.29, 0.717) is 40.1 Å². The van der Waals surface area contributed by atoms with E-state index in [0.717, 1.165) is 16.6 Å². The molecule has 1 atom stereocenters. The topological polar surface area (TPSA) is 88.9 Å². The molecule has 3 N–H and O–H groups in total. The smallest absolute Gasteiger partial charge is 0.307 e. The number of furan rings is 1. The average molecular weight is 446 g/mol. The van der Waals surface area contributed by atoms with E-state index in [4.69, 9.17) is 14.9 Å². The van der Waals surface area contributed by atoms with Crippen LogP contribution in [0.1, 0.15) is 22.8 Å². The van der Waals surface area contributed by atoms with E-state index in [-0.39, 0.29) is 24.9 Å². The number of nitrogens with zero attached hydrogens (tertiary/aromatic N) is 1. The van der Waals surface area contributed by atoms with Crippen LogP contribution in [0.3, 0.4) is 0 Å². The molecule has 0 unspecified atom stereocenters. The zero-order valence-electron chi connectivity index (χ0n) is 18.0. The van der Waals surface area contributed by atoms with Gasteiger partial charge in [0, 0.05) is 41.2 Å². The van der Waals surface area contributed by atoms with Crippen molar-refractivity contribution in [3.8, 4) is 16.9 Å². The Labute approximate surface area is 190 Å². The van der Waals surface area contributed by atoms with Crippen LogP contribution in [0.15, 0.2) is 65.3 Å². The predicted octanol–water partition coefficient (Wildman–Crippen LogP) is 4.89. The summed E-state index contributed by atoms with van der Waals surface area (Å²) in [6.45, 7) is 0.679. The predicted molar refractivity (Wildman–Crippen MR) is 124 cm³/mol. The van der Waals surface area contributed by atoms with Gasteiger partial charge in [0.1, 0.15) is 23.3 Å². The quantitative estimate of drug-likeness (QED) is 0.454. The molecule has 5 rings (SSSR count). The molecule has 3 aromatic carbocycles. The first-order valence-electron chi connectivity index (χ1n) is 10.7. The Bertz CT molecular complexity index is 1360. The SMILES string of the molecule is CN1C[C@@H](c2coc3ccc(-c4cccc(CN)c4F)cc23)Oc2c(CC(=O)O)cccc21. The van der Waals surface area contributed by atoms with Gasteiger partial charge in [-0.15, -0.1) is 0 Å². The number of carboxylic acids is 1. The third-order valence-electron chi connectivity index (χ3n) is 6.09. The number of carboxylic acid groups (broad SMARTS) is 1. The van der Waals surface area contributed by atoms with Crippen molar-refractivity contribution in [3.05, 3.63) is 83.4 Å². The minimum Gasteiger partial charge on any atom is -0.481 e. The number of likely N-dealkylation sites (N-methyl/N-ethyl adjacent to an activating group) is 1. The Morgan fingerprint density at radius 2 is 1.97 bits per heavy atom. The van der Waals surface area contributed by atoms with Gasteiger partial charge in [0.25, 0.3) is 0 Å². The summed E-state index contributed by atoms with van der Waals surface area (Å²) >= 11 is 0. The highest BCUT2D eigenvalue weighted by atomic mass is 19.1. The molecule has 0 spiro atoms. The molecule has 0 amide bonds. The normalized spacial score (nSPS) is 15.4. The van der Waals surface area contributed by atoms with Crippen LogP contribution in [-0.4, -0.2) is 24.7 Å². The number of nitrogens with two attached hydrogens (primary N) is 1. The van der Waals surface area contributed by atoms with Gasteiger partial charge in [-0.3, -0.25) is 4.79 Å². The summed E-state index contributed by atoms with van der Waals surface area (Å²) < 4.78 is 27.0. The largest absolute Gasteiger partial charge is 0.481 e. The van der Waals surface area contributed by atoms with E-state index in [9.17, 15) is 14.3 Å². The van der Waals surface area contributed by atoms with Crippen molar-refractivity contribution in [1.82, 2.24) is 0 Å². The number of rotatable bonds is 5. The molecule has 1 aliphatic rings. The summed E-state index contributed by atoms with van der Waals surface area (Å²) in [5.41, 5.74) is 10.3. The number of fused-ring (bicyclic) bond motifs is 2. The zero-order valence-corrected chi connectivity index (χ0v) is 18.0. The molecule has 0 fully saturated rings. The van der Waals surface area contributed by atoms with Crippen molar-refractivity contribution >= 4 is 22.6 Å². The Hall–Kier alpha value is -3.84. The second-order valence-electron chi connectivity index (χ2n) is 8.21. The summed E-state index contributed by atoms with van der Waals surface area (Å²) in [6.07, 6.45) is 1.15. The summed E-state index contributed by atoms with van der Waals surface area (Å²) in [6, 6.07) is 16.3. The molecule has 2 heterocycles. The van der Waals surface area contributed by atoms with Crippen LogP contribution in [-0.2, 0) is 17.8 Å². The van der Waals surface area contributed by atoms with Gasteiger partial charge in [-0.1, -0.05) is 36.4 Å². The molecule has 33 heavy (non-hydrogen) atoms. The highest BCUT2D eigenvalue weighted by Crippen LogP contribution is 2.42. The maximum absolute atomic E-state index is 14.9. The fourth-order valence-corrected chi connectivity index (χ4v) is 4.42. The van der Waals surface area contributed by atoms with Gasteiger partial charge in [-0.05, 0) is 23.8 Å². The van der Waals surface area contributed by atoms with Crippen LogP contribution in [0.2, 0.25) is 0 Å². The number of aliphatic carboxylic acids is 1. The maximum atomic E-state index is 14.9. The molecule has 0 bridgehead atoms. The Morgan fingerprint density at radius 3 is 2.76 bits per heavy atom.